The Morgan fingerprint density at radius 1 is 1.62 bits per heavy atom. The number of rotatable bonds is 3. The first-order valence-electron chi connectivity index (χ1n) is 4.45. The zero-order valence-corrected chi connectivity index (χ0v) is 8.76. The van der Waals surface area contributed by atoms with Crippen molar-refractivity contribution in [2.45, 2.75) is 0 Å². The second-order valence-corrected chi connectivity index (χ2v) is 3.05. The van der Waals surface area contributed by atoms with Gasteiger partial charge in [0.05, 0.1) is 13.4 Å². The summed E-state index contributed by atoms with van der Waals surface area (Å²) in [5, 5.41) is 8.70. The Hall–Kier alpha value is -2.38. The highest BCUT2D eigenvalue weighted by Crippen LogP contribution is 2.06. The van der Waals surface area contributed by atoms with Gasteiger partial charge < -0.3 is 9.30 Å². The molecule has 0 aromatic carbocycles. The molecule has 0 unspecified atom stereocenters. The van der Waals surface area contributed by atoms with E-state index in [0.717, 1.165) is 0 Å². The van der Waals surface area contributed by atoms with Gasteiger partial charge in [-0.25, -0.2) is 10.1 Å². The van der Waals surface area contributed by atoms with Gasteiger partial charge in [-0.05, 0) is 0 Å². The van der Waals surface area contributed by atoms with E-state index >= 15 is 0 Å². The third-order valence-corrected chi connectivity index (χ3v) is 1.82. The molecule has 2 heterocycles. The summed E-state index contributed by atoms with van der Waals surface area (Å²) in [4.78, 5) is 19.4. The lowest BCUT2D eigenvalue weighted by molar-refractivity contribution is 0.102. The molecule has 8 nitrogen and oxygen atoms in total. The summed E-state index contributed by atoms with van der Waals surface area (Å²) in [5.74, 6) is -0.146. The summed E-state index contributed by atoms with van der Waals surface area (Å²) < 4.78 is 6.44. The topological polar surface area (TPSA) is 97.7 Å². The molecule has 84 valence electrons. The molecule has 0 aliphatic rings. The van der Waals surface area contributed by atoms with E-state index in [2.05, 4.69) is 25.5 Å². The zero-order chi connectivity index (χ0) is 11.5. The fourth-order valence-electron chi connectivity index (χ4n) is 1.10. The molecule has 0 saturated carbocycles. The lowest BCUT2D eigenvalue weighted by Gasteiger charge is -1.96. The van der Waals surface area contributed by atoms with E-state index in [4.69, 9.17) is 4.74 Å². The molecule has 0 radical (unpaired) electrons. The van der Waals surface area contributed by atoms with Crippen LogP contribution in [0.5, 0.6) is 6.01 Å². The molecule has 0 fully saturated rings. The number of hydrogen-bond acceptors (Lipinski definition) is 5. The number of anilines is 1. The number of amides is 1. The molecule has 0 spiro atoms. The summed E-state index contributed by atoms with van der Waals surface area (Å²) in [6.07, 6.45) is 3.14. The molecule has 0 atom stereocenters. The second-order valence-electron chi connectivity index (χ2n) is 3.05. The minimum absolute atomic E-state index is 0.163. The van der Waals surface area contributed by atoms with E-state index in [1.807, 2.05) is 0 Å². The van der Waals surface area contributed by atoms with Crippen LogP contribution in [0.15, 0.2) is 12.5 Å². The molecule has 2 N–H and O–H groups in total. The zero-order valence-electron chi connectivity index (χ0n) is 8.76. The van der Waals surface area contributed by atoms with Crippen molar-refractivity contribution in [3.8, 4) is 6.01 Å². The molecule has 8 heteroatoms. The minimum Gasteiger partial charge on any atom is -0.466 e. The molecule has 2 aromatic heterocycles. The molecule has 2 rings (SSSR count). The van der Waals surface area contributed by atoms with Crippen molar-refractivity contribution in [2.75, 3.05) is 12.4 Å². The third kappa shape index (κ3) is 2.00. The van der Waals surface area contributed by atoms with Gasteiger partial charge in [-0.15, -0.1) is 5.10 Å². The van der Waals surface area contributed by atoms with Crippen molar-refractivity contribution in [3.63, 3.8) is 0 Å². The van der Waals surface area contributed by atoms with Gasteiger partial charge in [-0.2, -0.15) is 4.98 Å². The maximum Gasteiger partial charge on any atom is 0.336 e. The van der Waals surface area contributed by atoms with Crippen LogP contribution in [0.2, 0.25) is 0 Å². The number of H-pyrrole nitrogens is 1. The number of carbonyl (C=O) groups is 1. The Balaban J connectivity index is 2.07. The van der Waals surface area contributed by atoms with Crippen molar-refractivity contribution < 1.29 is 9.53 Å². The van der Waals surface area contributed by atoms with Crippen molar-refractivity contribution in [1.82, 2.24) is 24.7 Å². The van der Waals surface area contributed by atoms with Crippen LogP contribution in [0, 0.1) is 0 Å². The lowest BCUT2D eigenvalue weighted by Crippen LogP contribution is -2.13. The highest BCUT2D eigenvalue weighted by Gasteiger charge is 2.11. The number of imidazole rings is 1. The minimum atomic E-state index is -0.362. The number of ether oxygens (including phenoxy) is 1. The van der Waals surface area contributed by atoms with E-state index in [0.29, 0.717) is 5.69 Å². The fourth-order valence-corrected chi connectivity index (χ4v) is 1.10. The normalized spacial score (nSPS) is 10.1. The second kappa shape index (κ2) is 4.01. The van der Waals surface area contributed by atoms with E-state index in [9.17, 15) is 4.79 Å². The molecule has 0 aliphatic heterocycles. The molecule has 0 bridgehead atoms. The van der Waals surface area contributed by atoms with Crippen LogP contribution < -0.4 is 10.1 Å². The molecular formula is C8H10N6O2. The van der Waals surface area contributed by atoms with Gasteiger partial charge in [0.15, 0.2) is 0 Å². The molecular weight excluding hydrogens is 212 g/mol. The number of nitrogens with zero attached hydrogens (tertiary/aromatic N) is 4. The summed E-state index contributed by atoms with van der Waals surface area (Å²) in [6.45, 7) is 0. The predicted molar refractivity (Wildman–Crippen MR) is 54.1 cm³/mol. The average molecular weight is 222 g/mol. The highest BCUT2D eigenvalue weighted by atomic mass is 16.5. The Morgan fingerprint density at radius 2 is 2.44 bits per heavy atom. The van der Waals surface area contributed by atoms with Crippen molar-refractivity contribution in [2.24, 2.45) is 7.05 Å². The van der Waals surface area contributed by atoms with Crippen molar-refractivity contribution in [1.29, 1.82) is 0 Å². The molecule has 16 heavy (non-hydrogen) atoms. The Labute approximate surface area is 90.7 Å². The molecule has 0 aliphatic carbocycles. The first-order valence-corrected chi connectivity index (χ1v) is 4.45. The van der Waals surface area contributed by atoms with Gasteiger partial charge in [0.1, 0.15) is 5.69 Å². The maximum absolute atomic E-state index is 11.6. The number of aromatic amines is 1. The monoisotopic (exact) mass is 222 g/mol. The highest BCUT2D eigenvalue weighted by molar-refractivity contribution is 6.01. The van der Waals surface area contributed by atoms with Crippen LogP contribution in [0.4, 0.5) is 5.95 Å². The van der Waals surface area contributed by atoms with Gasteiger partial charge in [0.2, 0.25) is 5.95 Å². The summed E-state index contributed by atoms with van der Waals surface area (Å²) in [6, 6.07) is 0.163. The lowest BCUT2D eigenvalue weighted by atomic mass is 10.4. The number of hydrogen-bond donors (Lipinski definition) is 2. The number of aryl methyl sites for hydroxylation is 1. The number of carbonyl (C=O) groups excluding carboxylic acids is 1. The van der Waals surface area contributed by atoms with Crippen molar-refractivity contribution in [3.05, 3.63) is 18.2 Å². The molecule has 1 amide bonds. The van der Waals surface area contributed by atoms with Crippen LogP contribution in [0.3, 0.4) is 0 Å². The predicted octanol–water partition coefficient (Wildman–Crippen LogP) is -0.201. The first-order chi connectivity index (χ1) is 7.69. The van der Waals surface area contributed by atoms with Gasteiger partial charge in [-0.3, -0.25) is 10.1 Å². The van der Waals surface area contributed by atoms with Gasteiger partial charge in [0.25, 0.3) is 5.91 Å². The van der Waals surface area contributed by atoms with E-state index in [-0.39, 0.29) is 17.9 Å². The van der Waals surface area contributed by atoms with E-state index in [1.54, 1.807) is 17.8 Å². The fraction of sp³-hybridized carbons (Fsp3) is 0.250. The smallest absolute Gasteiger partial charge is 0.336 e. The van der Waals surface area contributed by atoms with Crippen molar-refractivity contribution >= 4 is 11.9 Å². The summed E-state index contributed by atoms with van der Waals surface area (Å²) >= 11 is 0. The maximum atomic E-state index is 11.6. The Kier molecular flexibility index (Phi) is 2.54. The van der Waals surface area contributed by atoms with Crippen LogP contribution in [-0.2, 0) is 7.05 Å². The van der Waals surface area contributed by atoms with E-state index < -0.39 is 0 Å². The molecule has 2 aromatic rings. The SMILES string of the molecule is COc1n[nH]c(NC(=O)c2cn(C)cn2)n1. The Morgan fingerprint density at radius 3 is 3.00 bits per heavy atom. The van der Waals surface area contributed by atoms with E-state index in [1.165, 1.54) is 13.4 Å². The standard InChI is InChI=1S/C8H10N6O2/c1-14-3-5(9-4-14)6(15)10-7-11-8(16-2)13-12-7/h3-4H,1-2H3,(H2,10,11,12,13,15). The quantitative estimate of drug-likeness (QED) is 0.749. The van der Waals surface area contributed by atoms with Gasteiger partial charge in [0, 0.05) is 13.2 Å². The Bertz CT molecular complexity index is 502. The van der Waals surface area contributed by atoms with Gasteiger partial charge in [-0.1, -0.05) is 0 Å². The summed E-state index contributed by atoms with van der Waals surface area (Å²) in [5.41, 5.74) is 0.304. The largest absolute Gasteiger partial charge is 0.466 e. The molecule has 0 saturated heterocycles. The van der Waals surface area contributed by atoms with Crippen LogP contribution in [-0.4, -0.2) is 37.7 Å². The van der Waals surface area contributed by atoms with Crippen LogP contribution in [0.25, 0.3) is 0 Å². The third-order valence-electron chi connectivity index (χ3n) is 1.82. The summed E-state index contributed by atoms with van der Waals surface area (Å²) in [7, 11) is 3.22. The van der Waals surface area contributed by atoms with Crippen LogP contribution >= 0.6 is 0 Å². The first kappa shape index (κ1) is 10.1. The number of aromatic nitrogens is 5. The number of nitrogens with one attached hydrogen (secondary N) is 2. The number of methoxy groups -OCH3 is 1. The average Bonchev–Trinajstić information content (AvgIpc) is 2.87. The van der Waals surface area contributed by atoms with Crippen LogP contribution in [0.1, 0.15) is 10.5 Å². The van der Waals surface area contributed by atoms with Gasteiger partial charge >= 0.3 is 6.01 Å².